The lowest BCUT2D eigenvalue weighted by Crippen LogP contribution is -2.49. The van der Waals surface area contributed by atoms with Crippen LogP contribution >= 0.6 is 0 Å². The van der Waals surface area contributed by atoms with Crippen LogP contribution in [0.25, 0.3) is 0 Å². The number of carboxylic acid groups (broad SMARTS) is 1. The van der Waals surface area contributed by atoms with Crippen LogP contribution in [0.1, 0.15) is 22.3 Å². The number of carbonyl (C=O) groups excluding carboxylic acids is 1. The summed E-state index contributed by atoms with van der Waals surface area (Å²) in [6.07, 6.45) is 1.48. The van der Waals surface area contributed by atoms with Gasteiger partial charge in [-0.2, -0.15) is 0 Å². The van der Waals surface area contributed by atoms with E-state index < -0.39 is 5.97 Å². The summed E-state index contributed by atoms with van der Waals surface area (Å²) in [7, 11) is 0. The minimum atomic E-state index is -0.937. The van der Waals surface area contributed by atoms with Crippen molar-refractivity contribution in [1.29, 1.82) is 0 Å². The van der Waals surface area contributed by atoms with E-state index in [1.807, 2.05) is 6.07 Å². The number of morpholine rings is 1. The Morgan fingerprint density at radius 2 is 1.90 bits per heavy atom. The summed E-state index contributed by atoms with van der Waals surface area (Å²) in [6.45, 7) is 2.92. The molecular formula is C15H18N2O4. The van der Waals surface area contributed by atoms with Crippen molar-refractivity contribution in [3.8, 4) is 0 Å². The van der Waals surface area contributed by atoms with Crippen LogP contribution in [-0.4, -0.2) is 54.9 Å². The maximum absolute atomic E-state index is 12.6. The van der Waals surface area contributed by atoms with Gasteiger partial charge in [0.25, 0.3) is 0 Å². The summed E-state index contributed by atoms with van der Waals surface area (Å²) in [5.41, 5.74) is 1.79. The minimum absolute atomic E-state index is 0.0539. The normalized spacial score (nSPS) is 18.3. The first-order valence-electron chi connectivity index (χ1n) is 7.18. The summed E-state index contributed by atoms with van der Waals surface area (Å²) in [6, 6.07) is 5.08. The topological polar surface area (TPSA) is 70.1 Å². The quantitative estimate of drug-likeness (QED) is 0.852. The number of carboxylic acids is 1. The van der Waals surface area contributed by atoms with Gasteiger partial charge in [-0.3, -0.25) is 4.90 Å². The molecular weight excluding hydrogens is 272 g/mol. The van der Waals surface area contributed by atoms with Crippen molar-refractivity contribution in [2.75, 3.05) is 37.7 Å². The van der Waals surface area contributed by atoms with Gasteiger partial charge in [0, 0.05) is 25.3 Å². The van der Waals surface area contributed by atoms with Crippen molar-refractivity contribution in [2.24, 2.45) is 0 Å². The zero-order chi connectivity index (χ0) is 14.8. The molecule has 3 rings (SSSR count). The van der Waals surface area contributed by atoms with Gasteiger partial charge in [0.05, 0.1) is 18.8 Å². The summed E-state index contributed by atoms with van der Waals surface area (Å²) < 4.78 is 5.27. The molecule has 1 fully saturated rings. The van der Waals surface area contributed by atoms with Crippen LogP contribution in [0.5, 0.6) is 0 Å². The molecule has 0 atom stereocenters. The lowest BCUT2D eigenvalue weighted by atomic mass is 9.96. The van der Waals surface area contributed by atoms with Crippen LogP contribution in [0.2, 0.25) is 0 Å². The van der Waals surface area contributed by atoms with Gasteiger partial charge in [0.2, 0.25) is 0 Å². The van der Waals surface area contributed by atoms with E-state index in [4.69, 9.17) is 4.74 Å². The van der Waals surface area contributed by atoms with Crippen LogP contribution in [-0.2, 0) is 11.2 Å². The summed E-state index contributed by atoms with van der Waals surface area (Å²) in [5.74, 6) is -0.937. The van der Waals surface area contributed by atoms with Gasteiger partial charge in [0.15, 0.2) is 0 Å². The molecule has 1 aromatic rings. The smallest absolute Gasteiger partial charge is 0.336 e. The molecule has 0 unspecified atom stereocenters. The molecule has 0 aliphatic carbocycles. The van der Waals surface area contributed by atoms with Crippen molar-refractivity contribution < 1.29 is 19.4 Å². The van der Waals surface area contributed by atoms with Crippen molar-refractivity contribution in [3.05, 3.63) is 29.3 Å². The van der Waals surface area contributed by atoms with Gasteiger partial charge in [-0.15, -0.1) is 0 Å². The predicted molar refractivity (Wildman–Crippen MR) is 76.9 cm³/mol. The first-order valence-corrected chi connectivity index (χ1v) is 7.18. The monoisotopic (exact) mass is 290 g/mol. The molecule has 0 bridgehead atoms. The lowest BCUT2D eigenvalue weighted by Gasteiger charge is -2.36. The summed E-state index contributed by atoms with van der Waals surface area (Å²) in [5, 5.41) is 9.28. The number of carbonyl (C=O) groups is 2. The third kappa shape index (κ3) is 2.58. The highest BCUT2D eigenvalue weighted by molar-refractivity contribution is 5.97. The highest BCUT2D eigenvalue weighted by atomic mass is 16.5. The molecule has 6 heteroatoms. The molecule has 2 amide bonds. The van der Waals surface area contributed by atoms with Crippen LogP contribution in [0, 0.1) is 0 Å². The standard InChI is InChI=1S/C15H18N2O4/c18-14(19)12-3-1-5-13-11(12)4-2-6-17(13)15(20)16-7-9-21-10-8-16/h1,3,5H,2,4,6-10H2,(H,18,19). The van der Waals surface area contributed by atoms with Crippen molar-refractivity contribution >= 4 is 17.7 Å². The molecule has 1 N–H and O–H groups in total. The second kappa shape index (κ2) is 5.73. The Hall–Kier alpha value is -2.08. The molecule has 21 heavy (non-hydrogen) atoms. The Bertz CT molecular complexity index is 567. The van der Waals surface area contributed by atoms with E-state index in [2.05, 4.69) is 0 Å². The third-order valence-electron chi connectivity index (χ3n) is 3.99. The van der Waals surface area contributed by atoms with Crippen LogP contribution in [0.3, 0.4) is 0 Å². The molecule has 0 saturated carbocycles. The Balaban J connectivity index is 1.91. The fraction of sp³-hybridized carbons (Fsp3) is 0.467. The van der Waals surface area contributed by atoms with E-state index in [1.165, 1.54) is 0 Å². The zero-order valence-corrected chi connectivity index (χ0v) is 11.7. The molecule has 2 aliphatic rings. The highest BCUT2D eigenvalue weighted by Gasteiger charge is 2.29. The number of urea groups is 1. The van der Waals surface area contributed by atoms with Gasteiger partial charge in [-0.1, -0.05) is 6.07 Å². The fourth-order valence-electron chi connectivity index (χ4n) is 2.95. The number of hydrogen-bond donors (Lipinski definition) is 1. The van der Waals surface area contributed by atoms with E-state index >= 15 is 0 Å². The number of aromatic carboxylic acids is 1. The number of ether oxygens (including phenoxy) is 1. The first-order chi connectivity index (χ1) is 10.2. The lowest BCUT2D eigenvalue weighted by molar-refractivity contribution is 0.0548. The molecule has 2 aliphatic heterocycles. The molecule has 1 aromatic carbocycles. The molecule has 0 aromatic heterocycles. The van der Waals surface area contributed by atoms with Gasteiger partial charge in [0.1, 0.15) is 0 Å². The SMILES string of the molecule is O=C(O)c1cccc2c1CCCN2C(=O)N1CCOCC1. The number of rotatable bonds is 1. The summed E-state index contributed by atoms with van der Waals surface area (Å²) in [4.78, 5) is 27.4. The second-order valence-electron chi connectivity index (χ2n) is 5.25. The van der Waals surface area contributed by atoms with E-state index in [0.29, 0.717) is 44.8 Å². The highest BCUT2D eigenvalue weighted by Crippen LogP contribution is 2.30. The predicted octanol–water partition coefficient (Wildman–Crippen LogP) is 1.59. The Kier molecular flexibility index (Phi) is 3.79. The fourth-order valence-corrected chi connectivity index (χ4v) is 2.95. The van der Waals surface area contributed by atoms with Gasteiger partial charge < -0.3 is 14.7 Å². The number of nitrogens with zero attached hydrogens (tertiary/aromatic N) is 2. The number of benzene rings is 1. The summed E-state index contributed by atoms with van der Waals surface area (Å²) >= 11 is 0. The average Bonchev–Trinajstić information content (AvgIpc) is 2.53. The Morgan fingerprint density at radius 1 is 1.14 bits per heavy atom. The maximum atomic E-state index is 12.6. The Labute approximate surface area is 122 Å². The number of amides is 2. The molecule has 112 valence electrons. The third-order valence-corrected chi connectivity index (χ3v) is 3.99. The largest absolute Gasteiger partial charge is 0.478 e. The van der Waals surface area contributed by atoms with Gasteiger partial charge in [-0.25, -0.2) is 9.59 Å². The molecule has 0 radical (unpaired) electrons. The van der Waals surface area contributed by atoms with E-state index in [9.17, 15) is 14.7 Å². The van der Waals surface area contributed by atoms with Crippen molar-refractivity contribution in [3.63, 3.8) is 0 Å². The van der Waals surface area contributed by atoms with Crippen molar-refractivity contribution in [1.82, 2.24) is 4.90 Å². The molecule has 2 heterocycles. The Morgan fingerprint density at radius 3 is 2.62 bits per heavy atom. The van der Waals surface area contributed by atoms with E-state index in [0.717, 1.165) is 17.7 Å². The van der Waals surface area contributed by atoms with E-state index in [1.54, 1.807) is 21.9 Å². The second-order valence-corrected chi connectivity index (χ2v) is 5.25. The van der Waals surface area contributed by atoms with Crippen molar-refractivity contribution in [2.45, 2.75) is 12.8 Å². The minimum Gasteiger partial charge on any atom is -0.478 e. The van der Waals surface area contributed by atoms with Gasteiger partial charge >= 0.3 is 12.0 Å². The molecule has 6 nitrogen and oxygen atoms in total. The van der Waals surface area contributed by atoms with E-state index in [-0.39, 0.29) is 6.03 Å². The maximum Gasteiger partial charge on any atom is 0.336 e. The van der Waals surface area contributed by atoms with Crippen LogP contribution in [0.4, 0.5) is 10.5 Å². The number of hydrogen-bond acceptors (Lipinski definition) is 3. The molecule has 1 saturated heterocycles. The average molecular weight is 290 g/mol. The van der Waals surface area contributed by atoms with Crippen LogP contribution in [0.15, 0.2) is 18.2 Å². The van der Waals surface area contributed by atoms with Gasteiger partial charge in [-0.05, 0) is 30.5 Å². The van der Waals surface area contributed by atoms with Crippen LogP contribution < -0.4 is 4.90 Å². The number of anilines is 1. The molecule has 0 spiro atoms. The number of fused-ring (bicyclic) bond motifs is 1. The first kappa shape index (κ1) is 13.9. The zero-order valence-electron chi connectivity index (χ0n) is 11.7.